The summed E-state index contributed by atoms with van der Waals surface area (Å²) in [5.74, 6) is 1.27. The zero-order valence-corrected chi connectivity index (χ0v) is 9.75. The second-order valence-electron chi connectivity index (χ2n) is 4.14. The third-order valence-electron chi connectivity index (χ3n) is 2.88. The Morgan fingerprint density at radius 2 is 2.25 bits per heavy atom. The van der Waals surface area contributed by atoms with E-state index in [1.807, 2.05) is 18.2 Å². The quantitative estimate of drug-likeness (QED) is 0.845. The number of benzene rings is 1. The summed E-state index contributed by atoms with van der Waals surface area (Å²) in [6.07, 6.45) is 2.96. The minimum atomic E-state index is 0.146. The Morgan fingerprint density at radius 1 is 1.50 bits per heavy atom. The molecule has 0 atom stereocenters. The Balaban J connectivity index is 2.12. The Hall–Kier alpha value is -1.51. The van der Waals surface area contributed by atoms with Gasteiger partial charge in [-0.25, -0.2) is 0 Å². The number of anilines is 1. The van der Waals surface area contributed by atoms with Crippen LogP contribution >= 0.6 is 0 Å². The van der Waals surface area contributed by atoms with Crippen LogP contribution in [-0.2, 0) is 11.2 Å². The molecule has 0 radical (unpaired) electrons. The molecule has 1 fully saturated rings. The highest BCUT2D eigenvalue weighted by Crippen LogP contribution is 2.31. The van der Waals surface area contributed by atoms with Gasteiger partial charge in [0.15, 0.2) is 0 Å². The summed E-state index contributed by atoms with van der Waals surface area (Å²) in [4.78, 5) is 11.6. The molecule has 86 valence electrons. The molecule has 0 unspecified atom stereocenters. The zero-order valence-electron chi connectivity index (χ0n) is 9.75. The molecular weight excluding hydrogens is 202 g/mol. The van der Waals surface area contributed by atoms with Gasteiger partial charge < -0.3 is 10.1 Å². The predicted molar refractivity (Wildman–Crippen MR) is 63.7 cm³/mol. The molecule has 1 saturated carbocycles. The van der Waals surface area contributed by atoms with E-state index in [0.717, 1.165) is 36.3 Å². The molecule has 1 aliphatic carbocycles. The third kappa shape index (κ3) is 2.35. The first-order valence-corrected chi connectivity index (χ1v) is 5.72. The predicted octanol–water partition coefficient (Wildman–Crippen LogP) is 2.61. The summed E-state index contributed by atoms with van der Waals surface area (Å²) in [5.41, 5.74) is 1.99. The number of methoxy groups -OCH3 is 1. The van der Waals surface area contributed by atoms with Gasteiger partial charge in [0.2, 0.25) is 5.91 Å². The topological polar surface area (TPSA) is 38.3 Å². The second-order valence-corrected chi connectivity index (χ2v) is 4.14. The lowest BCUT2D eigenvalue weighted by Crippen LogP contribution is -2.13. The van der Waals surface area contributed by atoms with E-state index in [4.69, 9.17) is 4.74 Å². The van der Waals surface area contributed by atoms with Crippen LogP contribution in [-0.4, -0.2) is 13.0 Å². The molecule has 1 aromatic rings. The average molecular weight is 219 g/mol. The molecule has 1 amide bonds. The molecule has 2 rings (SSSR count). The molecule has 16 heavy (non-hydrogen) atoms. The summed E-state index contributed by atoms with van der Waals surface area (Å²) in [5, 5.41) is 2.94. The van der Waals surface area contributed by atoms with Gasteiger partial charge in [-0.1, -0.05) is 6.92 Å². The number of aryl methyl sites for hydroxylation is 1. The van der Waals surface area contributed by atoms with Crippen LogP contribution in [0.3, 0.4) is 0 Å². The van der Waals surface area contributed by atoms with Gasteiger partial charge >= 0.3 is 0 Å². The molecule has 0 bridgehead atoms. The monoisotopic (exact) mass is 219 g/mol. The first kappa shape index (κ1) is 11.0. The fourth-order valence-corrected chi connectivity index (χ4v) is 1.72. The van der Waals surface area contributed by atoms with Crippen LogP contribution in [0.5, 0.6) is 5.75 Å². The number of hydrogen-bond acceptors (Lipinski definition) is 2. The average Bonchev–Trinajstić information content (AvgIpc) is 3.12. The number of nitrogens with one attached hydrogen (secondary N) is 1. The molecule has 1 aliphatic rings. The van der Waals surface area contributed by atoms with Gasteiger partial charge in [-0.2, -0.15) is 0 Å². The van der Waals surface area contributed by atoms with Crippen molar-refractivity contribution in [1.82, 2.24) is 0 Å². The van der Waals surface area contributed by atoms with Crippen LogP contribution < -0.4 is 10.1 Å². The van der Waals surface area contributed by atoms with Crippen molar-refractivity contribution in [2.24, 2.45) is 5.92 Å². The molecule has 0 aliphatic heterocycles. The maximum absolute atomic E-state index is 11.6. The lowest BCUT2D eigenvalue weighted by Gasteiger charge is -2.10. The van der Waals surface area contributed by atoms with Crippen LogP contribution in [0.15, 0.2) is 18.2 Å². The molecule has 0 heterocycles. The van der Waals surface area contributed by atoms with Crippen molar-refractivity contribution < 1.29 is 9.53 Å². The molecule has 3 heteroatoms. The number of carbonyl (C=O) groups is 1. The van der Waals surface area contributed by atoms with Crippen LogP contribution in [0, 0.1) is 5.92 Å². The molecule has 3 nitrogen and oxygen atoms in total. The van der Waals surface area contributed by atoms with Crippen LogP contribution in [0.2, 0.25) is 0 Å². The minimum absolute atomic E-state index is 0.146. The van der Waals surface area contributed by atoms with Crippen molar-refractivity contribution in [3.05, 3.63) is 23.8 Å². The molecule has 0 saturated heterocycles. The number of ether oxygens (including phenoxy) is 1. The molecule has 1 aromatic carbocycles. The van der Waals surface area contributed by atoms with Gasteiger partial charge in [0, 0.05) is 11.6 Å². The van der Waals surface area contributed by atoms with E-state index in [0.29, 0.717) is 0 Å². The SMILES string of the molecule is CCc1cc(NC(=O)C2CC2)ccc1OC. The summed E-state index contributed by atoms with van der Waals surface area (Å²) in [6.45, 7) is 2.07. The summed E-state index contributed by atoms with van der Waals surface area (Å²) >= 11 is 0. The summed E-state index contributed by atoms with van der Waals surface area (Å²) in [6, 6.07) is 5.78. The van der Waals surface area contributed by atoms with E-state index in [1.54, 1.807) is 7.11 Å². The van der Waals surface area contributed by atoms with Crippen molar-refractivity contribution in [3.8, 4) is 5.75 Å². The smallest absolute Gasteiger partial charge is 0.227 e. The van der Waals surface area contributed by atoms with Crippen LogP contribution in [0.1, 0.15) is 25.3 Å². The van der Waals surface area contributed by atoms with Crippen molar-refractivity contribution in [2.75, 3.05) is 12.4 Å². The van der Waals surface area contributed by atoms with E-state index in [9.17, 15) is 4.79 Å². The van der Waals surface area contributed by atoms with Crippen molar-refractivity contribution in [3.63, 3.8) is 0 Å². The van der Waals surface area contributed by atoms with Gasteiger partial charge in [-0.3, -0.25) is 4.79 Å². The van der Waals surface area contributed by atoms with Gasteiger partial charge in [0.05, 0.1) is 7.11 Å². The molecular formula is C13H17NO2. The van der Waals surface area contributed by atoms with Crippen LogP contribution in [0.25, 0.3) is 0 Å². The maximum atomic E-state index is 11.6. The standard InChI is InChI=1S/C13H17NO2/c1-3-9-8-11(6-7-12(9)16-2)14-13(15)10-4-5-10/h6-8,10H,3-5H2,1-2H3,(H,14,15). The minimum Gasteiger partial charge on any atom is -0.496 e. The number of amides is 1. The Labute approximate surface area is 95.8 Å². The lowest BCUT2D eigenvalue weighted by molar-refractivity contribution is -0.117. The van der Waals surface area contributed by atoms with E-state index >= 15 is 0 Å². The first-order chi connectivity index (χ1) is 7.74. The lowest BCUT2D eigenvalue weighted by atomic mass is 10.1. The first-order valence-electron chi connectivity index (χ1n) is 5.72. The highest BCUT2D eigenvalue weighted by molar-refractivity contribution is 5.94. The van der Waals surface area contributed by atoms with Gasteiger partial charge in [-0.05, 0) is 43.0 Å². The van der Waals surface area contributed by atoms with E-state index in [-0.39, 0.29) is 11.8 Å². The number of hydrogen-bond donors (Lipinski definition) is 1. The molecule has 0 aromatic heterocycles. The Morgan fingerprint density at radius 3 is 2.81 bits per heavy atom. The maximum Gasteiger partial charge on any atom is 0.227 e. The van der Waals surface area contributed by atoms with E-state index < -0.39 is 0 Å². The van der Waals surface area contributed by atoms with Crippen molar-refractivity contribution >= 4 is 11.6 Å². The fraction of sp³-hybridized carbons (Fsp3) is 0.462. The van der Waals surface area contributed by atoms with Gasteiger partial charge in [0.25, 0.3) is 0 Å². The van der Waals surface area contributed by atoms with Crippen molar-refractivity contribution in [1.29, 1.82) is 0 Å². The van der Waals surface area contributed by atoms with Gasteiger partial charge in [0.1, 0.15) is 5.75 Å². The summed E-state index contributed by atoms with van der Waals surface area (Å²) in [7, 11) is 1.66. The zero-order chi connectivity index (χ0) is 11.5. The summed E-state index contributed by atoms with van der Waals surface area (Å²) < 4.78 is 5.24. The van der Waals surface area contributed by atoms with Crippen LogP contribution in [0.4, 0.5) is 5.69 Å². The highest BCUT2D eigenvalue weighted by atomic mass is 16.5. The third-order valence-corrected chi connectivity index (χ3v) is 2.88. The van der Waals surface area contributed by atoms with Gasteiger partial charge in [-0.15, -0.1) is 0 Å². The molecule has 1 N–H and O–H groups in total. The fourth-order valence-electron chi connectivity index (χ4n) is 1.72. The number of rotatable bonds is 4. The largest absolute Gasteiger partial charge is 0.496 e. The van der Waals surface area contributed by atoms with E-state index in [1.165, 1.54) is 0 Å². The molecule has 0 spiro atoms. The van der Waals surface area contributed by atoms with E-state index in [2.05, 4.69) is 12.2 Å². The van der Waals surface area contributed by atoms with Crippen molar-refractivity contribution in [2.45, 2.75) is 26.2 Å². The number of carbonyl (C=O) groups excluding carboxylic acids is 1. The second kappa shape index (κ2) is 4.56. The Bertz CT molecular complexity index is 397. The Kier molecular flexibility index (Phi) is 3.13. The highest BCUT2D eigenvalue weighted by Gasteiger charge is 2.29. The normalized spacial score (nSPS) is 14.6.